The zero-order valence-corrected chi connectivity index (χ0v) is 14.7. The number of nitro benzene ring substituents is 1. The number of imidazole rings is 1. The van der Waals surface area contributed by atoms with Gasteiger partial charge in [0, 0.05) is 17.8 Å². The Morgan fingerprint density at radius 1 is 1.31 bits per heavy atom. The van der Waals surface area contributed by atoms with Gasteiger partial charge in [0.25, 0.3) is 5.69 Å². The highest BCUT2D eigenvalue weighted by Gasteiger charge is 2.18. The first kappa shape index (κ1) is 19.2. The van der Waals surface area contributed by atoms with E-state index in [-0.39, 0.29) is 29.1 Å². The molecular formula is C15H13Cl2N7O2. The number of pyridine rings is 1. The third-order valence-corrected chi connectivity index (χ3v) is 3.66. The summed E-state index contributed by atoms with van der Waals surface area (Å²) in [6.07, 6.45) is 3.21. The minimum atomic E-state index is -0.547. The van der Waals surface area contributed by atoms with Gasteiger partial charge in [0.1, 0.15) is 10.7 Å². The SMILES string of the molecule is Cl.NC(N)=N/N=C/c1c(-c2ccc(Cl)c([N+](=O)[O-])c2)nc2ccccn12. The van der Waals surface area contributed by atoms with E-state index in [1.54, 1.807) is 22.7 Å². The molecule has 0 aliphatic heterocycles. The highest BCUT2D eigenvalue weighted by molar-refractivity contribution is 6.32. The van der Waals surface area contributed by atoms with Gasteiger partial charge in [0.2, 0.25) is 5.96 Å². The van der Waals surface area contributed by atoms with Gasteiger partial charge < -0.3 is 11.5 Å². The molecule has 2 aromatic heterocycles. The zero-order valence-electron chi connectivity index (χ0n) is 13.1. The van der Waals surface area contributed by atoms with Crippen molar-refractivity contribution >= 4 is 47.5 Å². The largest absolute Gasteiger partial charge is 0.369 e. The fourth-order valence-electron chi connectivity index (χ4n) is 2.30. The number of aromatic nitrogens is 2. The number of nitrogens with two attached hydrogens (primary N) is 2. The molecule has 11 heteroatoms. The molecule has 0 saturated carbocycles. The Balaban J connectivity index is 0.00000243. The van der Waals surface area contributed by atoms with E-state index < -0.39 is 4.92 Å². The molecule has 0 unspecified atom stereocenters. The van der Waals surface area contributed by atoms with Gasteiger partial charge >= 0.3 is 0 Å². The maximum absolute atomic E-state index is 11.1. The van der Waals surface area contributed by atoms with Crippen molar-refractivity contribution in [2.45, 2.75) is 0 Å². The molecule has 0 amide bonds. The number of nitrogens with zero attached hydrogens (tertiary/aromatic N) is 5. The number of nitro groups is 1. The summed E-state index contributed by atoms with van der Waals surface area (Å²) in [4.78, 5) is 15.1. The van der Waals surface area contributed by atoms with Crippen LogP contribution in [0.3, 0.4) is 0 Å². The van der Waals surface area contributed by atoms with Crippen molar-refractivity contribution in [1.82, 2.24) is 9.38 Å². The van der Waals surface area contributed by atoms with Gasteiger partial charge in [0.05, 0.1) is 22.5 Å². The molecule has 134 valence electrons. The van der Waals surface area contributed by atoms with Gasteiger partial charge in [-0.1, -0.05) is 23.7 Å². The van der Waals surface area contributed by atoms with E-state index in [1.165, 1.54) is 18.3 Å². The van der Waals surface area contributed by atoms with Crippen LogP contribution in [0.1, 0.15) is 5.69 Å². The predicted molar refractivity (Wildman–Crippen MR) is 103 cm³/mol. The van der Waals surface area contributed by atoms with Crippen molar-refractivity contribution in [3.8, 4) is 11.3 Å². The lowest BCUT2D eigenvalue weighted by Crippen LogP contribution is -2.21. The molecule has 0 bridgehead atoms. The minimum Gasteiger partial charge on any atom is -0.369 e. The molecule has 4 N–H and O–H groups in total. The van der Waals surface area contributed by atoms with E-state index in [9.17, 15) is 10.1 Å². The second-order valence-electron chi connectivity index (χ2n) is 4.97. The standard InChI is InChI=1S/C15H12ClN7O2.ClH/c16-10-5-4-9(7-11(10)23(24)25)14-12(8-19-21-15(17)18)22-6-2-1-3-13(22)20-14;/h1-8H,(H4,17,18,21);1H/b19-8+;. The summed E-state index contributed by atoms with van der Waals surface area (Å²) >= 11 is 5.88. The van der Waals surface area contributed by atoms with Crippen molar-refractivity contribution in [1.29, 1.82) is 0 Å². The first-order chi connectivity index (χ1) is 12.0. The van der Waals surface area contributed by atoms with Crippen LogP contribution in [-0.4, -0.2) is 26.5 Å². The number of rotatable bonds is 4. The second kappa shape index (κ2) is 7.81. The first-order valence-electron chi connectivity index (χ1n) is 7.00. The quantitative estimate of drug-likeness (QED) is 0.303. The average Bonchev–Trinajstić information content (AvgIpc) is 2.93. The summed E-state index contributed by atoms with van der Waals surface area (Å²) in [5.41, 5.74) is 12.5. The number of hydrogen-bond acceptors (Lipinski definition) is 5. The maximum atomic E-state index is 11.1. The molecule has 3 aromatic rings. The predicted octanol–water partition coefficient (Wildman–Crippen LogP) is 2.59. The van der Waals surface area contributed by atoms with E-state index in [2.05, 4.69) is 15.2 Å². The molecule has 2 heterocycles. The summed E-state index contributed by atoms with van der Waals surface area (Å²) in [7, 11) is 0. The van der Waals surface area contributed by atoms with Crippen LogP contribution >= 0.6 is 24.0 Å². The molecule has 0 radical (unpaired) electrons. The van der Waals surface area contributed by atoms with Gasteiger partial charge in [-0.25, -0.2) is 4.98 Å². The molecule has 0 saturated heterocycles. The topological polar surface area (TPSA) is 137 Å². The number of halogens is 2. The van der Waals surface area contributed by atoms with E-state index >= 15 is 0 Å². The fraction of sp³-hybridized carbons (Fsp3) is 0. The van der Waals surface area contributed by atoms with Crippen LogP contribution in [0.2, 0.25) is 5.02 Å². The van der Waals surface area contributed by atoms with E-state index in [4.69, 9.17) is 23.1 Å². The van der Waals surface area contributed by atoms with Crippen LogP contribution in [0.5, 0.6) is 0 Å². The van der Waals surface area contributed by atoms with Gasteiger partial charge in [-0.05, 0) is 18.2 Å². The van der Waals surface area contributed by atoms with Crippen molar-refractivity contribution < 1.29 is 4.92 Å². The van der Waals surface area contributed by atoms with Crippen LogP contribution < -0.4 is 11.5 Å². The van der Waals surface area contributed by atoms with Crippen LogP contribution in [0.15, 0.2) is 52.8 Å². The number of hydrogen-bond donors (Lipinski definition) is 2. The van der Waals surface area contributed by atoms with E-state index in [0.29, 0.717) is 22.6 Å². The smallest absolute Gasteiger partial charge is 0.288 e. The van der Waals surface area contributed by atoms with Crippen molar-refractivity contribution in [3.05, 3.63) is 63.4 Å². The summed E-state index contributed by atoms with van der Waals surface area (Å²) in [5, 5.41) is 18.6. The molecule has 26 heavy (non-hydrogen) atoms. The number of benzene rings is 1. The lowest BCUT2D eigenvalue weighted by atomic mass is 10.1. The van der Waals surface area contributed by atoms with Gasteiger partial charge in [-0.3, -0.25) is 14.5 Å². The van der Waals surface area contributed by atoms with Gasteiger partial charge in [0.15, 0.2) is 0 Å². The minimum absolute atomic E-state index is 0. The fourth-order valence-corrected chi connectivity index (χ4v) is 2.49. The molecule has 9 nitrogen and oxygen atoms in total. The summed E-state index contributed by atoms with van der Waals surface area (Å²) in [6.45, 7) is 0. The first-order valence-corrected chi connectivity index (χ1v) is 7.38. The van der Waals surface area contributed by atoms with Crippen LogP contribution in [0, 0.1) is 10.1 Å². The summed E-state index contributed by atoms with van der Waals surface area (Å²) in [6, 6.07) is 9.91. The van der Waals surface area contributed by atoms with Crippen LogP contribution in [-0.2, 0) is 0 Å². The highest BCUT2D eigenvalue weighted by atomic mass is 35.5. The zero-order chi connectivity index (χ0) is 18.0. The van der Waals surface area contributed by atoms with E-state index in [0.717, 1.165) is 0 Å². The van der Waals surface area contributed by atoms with Crippen molar-refractivity contribution in [2.24, 2.45) is 21.7 Å². The van der Waals surface area contributed by atoms with Crippen molar-refractivity contribution in [2.75, 3.05) is 0 Å². The Kier molecular flexibility index (Phi) is 5.75. The Bertz CT molecular complexity index is 1030. The Morgan fingerprint density at radius 3 is 2.77 bits per heavy atom. The Morgan fingerprint density at radius 2 is 2.08 bits per heavy atom. The lowest BCUT2D eigenvalue weighted by molar-refractivity contribution is -0.384. The van der Waals surface area contributed by atoms with Gasteiger partial charge in [-0.2, -0.15) is 5.10 Å². The number of guanidine groups is 1. The Hall–Kier alpha value is -3.17. The third-order valence-electron chi connectivity index (χ3n) is 3.34. The molecule has 3 rings (SSSR count). The Labute approximate surface area is 158 Å². The van der Waals surface area contributed by atoms with Crippen molar-refractivity contribution in [3.63, 3.8) is 0 Å². The molecule has 1 aromatic carbocycles. The van der Waals surface area contributed by atoms with E-state index in [1.807, 2.05) is 12.1 Å². The maximum Gasteiger partial charge on any atom is 0.288 e. The third kappa shape index (κ3) is 3.73. The summed E-state index contributed by atoms with van der Waals surface area (Å²) < 4.78 is 1.77. The summed E-state index contributed by atoms with van der Waals surface area (Å²) in [5.74, 6) is -0.186. The normalized spacial score (nSPS) is 10.7. The molecule has 0 atom stereocenters. The number of fused-ring (bicyclic) bond motifs is 1. The molecule has 0 spiro atoms. The van der Waals surface area contributed by atoms with Crippen LogP contribution in [0.4, 0.5) is 5.69 Å². The molecule has 0 fully saturated rings. The molecule has 0 aliphatic rings. The van der Waals surface area contributed by atoms with Crippen LogP contribution in [0.25, 0.3) is 16.9 Å². The molecule has 0 aliphatic carbocycles. The average molecular weight is 394 g/mol. The second-order valence-corrected chi connectivity index (χ2v) is 5.37. The van der Waals surface area contributed by atoms with Gasteiger partial charge in [-0.15, -0.1) is 17.5 Å². The lowest BCUT2D eigenvalue weighted by Gasteiger charge is -2.01. The molecular weight excluding hydrogens is 381 g/mol. The monoisotopic (exact) mass is 393 g/mol. The highest BCUT2D eigenvalue weighted by Crippen LogP contribution is 2.31.